The van der Waals surface area contributed by atoms with Crippen LogP contribution in [0.5, 0.6) is 5.88 Å². The van der Waals surface area contributed by atoms with E-state index in [1.54, 1.807) is 0 Å². The lowest BCUT2D eigenvalue weighted by atomic mass is 10.3. The average Bonchev–Trinajstić information content (AvgIpc) is 2.14. The Morgan fingerprint density at radius 2 is 1.86 bits per heavy atom. The molecular weight excluding hydrogens is 272 g/mol. The van der Waals surface area contributed by atoms with E-state index in [9.17, 15) is 4.79 Å². The summed E-state index contributed by atoms with van der Waals surface area (Å²) in [5, 5.41) is -0.263. The fraction of sp³-hybridized carbons (Fsp3) is 0.286. The van der Waals surface area contributed by atoms with Gasteiger partial charge in [-0.05, 0) is 0 Å². The number of alkyl halides is 2. The van der Waals surface area contributed by atoms with Gasteiger partial charge in [0, 0.05) is 0 Å². The van der Waals surface area contributed by atoms with E-state index in [-0.39, 0.29) is 21.6 Å². The van der Waals surface area contributed by atoms with Gasteiger partial charge in [0.15, 0.2) is 0 Å². The van der Waals surface area contributed by atoms with Gasteiger partial charge in [-0.3, -0.25) is 4.79 Å². The number of hydrogen-bond acceptors (Lipinski definition) is 2. The van der Waals surface area contributed by atoms with Crippen LogP contribution in [-0.2, 0) is 0 Å². The summed E-state index contributed by atoms with van der Waals surface area (Å²) in [6.07, 6.45) is 0. The molecule has 0 radical (unpaired) electrons. The minimum Gasteiger partial charge on any atom is -0.481 e. The van der Waals surface area contributed by atoms with Crippen LogP contribution in [0.25, 0.3) is 0 Å². The Labute approximate surface area is 99.9 Å². The maximum absolute atomic E-state index is 11.4. The molecule has 7 heteroatoms. The highest BCUT2D eigenvalue weighted by molar-refractivity contribution is 6.45. The van der Waals surface area contributed by atoms with Crippen molar-refractivity contribution in [2.75, 3.05) is 7.11 Å². The van der Waals surface area contributed by atoms with Gasteiger partial charge in [-0.1, -0.05) is 46.4 Å². The number of pyridine rings is 1. The molecule has 0 atom stereocenters. The van der Waals surface area contributed by atoms with Gasteiger partial charge >= 0.3 is 0 Å². The molecule has 3 nitrogen and oxygen atoms in total. The van der Waals surface area contributed by atoms with Crippen LogP contribution in [-0.4, -0.2) is 12.1 Å². The first-order valence-corrected chi connectivity index (χ1v) is 5.05. The molecule has 0 amide bonds. The lowest BCUT2D eigenvalue weighted by Crippen LogP contribution is -2.10. The first-order chi connectivity index (χ1) is 6.49. The third kappa shape index (κ3) is 2.11. The van der Waals surface area contributed by atoms with E-state index in [1.807, 2.05) is 0 Å². The predicted molar refractivity (Wildman–Crippen MR) is 58.1 cm³/mol. The number of rotatable bonds is 2. The summed E-state index contributed by atoms with van der Waals surface area (Å²) in [5.41, 5.74) is -0.397. The second-order valence-corrected chi connectivity index (χ2v) is 4.18. The van der Waals surface area contributed by atoms with Crippen LogP contribution in [0.4, 0.5) is 0 Å². The van der Waals surface area contributed by atoms with Crippen LogP contribution >= 0.6 is 46.4 Å². The van der Waals surface area contributed by atoms with Crippen LogP contribution < -0.4 is 10.2 Å². The molecule has 78 valence electrons. The van der Waals surface area contributed by atoms with E-state index < -0.39 is 10.3 Å². The average molecular weight is 277 g/mol. The van der Waals surface area contributed by atoms with Crippen molar-refractivity contribution in [1.82, 2.24) is 4.98 Å². The molecule has 0 aliphatic carbocycles. The molecule has 0 aromatic carbocycles. The zero-order valence-electron chi connectivity index (χ0n) is 6.91. The molecule has 1 heterocycles. The van der Waals surface area contributed by atoms with Gasteiger partial charge in [-0.15, -0.1) is 0 Å². The van der Waals surface area contributed by atoms with Crippen LogP contribution in [0.15, 0.2) is 4.79 Å². The Kier molecular flexibility index (Phi) is 3.95. The fourth-order valence-corrected chi connectivity index (χ4v) is 1.80. The van der Waals surface area contributed by atoms with Gasteiger partial charge in [0.05, 0.1) is 12.8 Å². The third-order valence-electron chi connectivity index (χ3n) is 1.51. The Bertz CT molecular complexity index is 401. The molecule has 0 unspecified atom stereocenters. The molecule has 0 spiro atoms. The van der Waals surface area contributed by atoms with Crippen molar-refractivity contribution >= 4 is 46.4 Å². The summed E-state index contributed by atoms with van der Waals surface area (Å²) in [6.45, 7) is 0. The first-order valence-electron chi connectivity index (χ1n) is 3.42. The van der Waals surface area contributed by atoms with Gasteiger partial charge in [-0.2, -0.15) is 0 Å². The lowest BCUT2D eigenvalue weighted by Gasteiger charge is -2.09. The maximum Gasteiger partial charge on any atom is 0.223 e. The highest BCUT2D eigenvalue weighted by Gasteiger charge is 2.18. The zero-order valence-corrected chi connectivity index (χ0v) is 9.93. The van der Waals surface area contributed by atoms with Crippen LogP contribution in [0, 0.1) is 0 Å². The van der Waals surface area contributed by atoms with E-state index >= 15 is 0 Å². The molecule has 1 aromatic heterocycles. The number of aromatic amines is 1. The third-order valence-corrected chi connectivity index (χ3v) is 2.66. The number of aromatic nitrogens is 1. The molecule has 1 rings (SSSR count). The van der Waals surface area contributed by atoms with E-state index in [0.29, 0.717) is 0 Å². The normalized spacial score (nSPS) is 10.7. The highest BCUT2D eigenvalue weighted by Crippen LogP contribution is 2.31. The van der Waals surface area contributed by atoms with Crippen molar-refractivity contribution in [3.05, 3.63) is 26.0 Å². The highest BCUT2D eigenvalue weighted by atomic mass is 35.5. The molecular formula is C7H5Cl4NO2. The molecule has 0 aliphatic heterocycles. The molecule has 1 aromatic rings. The summed E-state index contributed by atoms with van der Waals surface area (Å²) in [4.78, 5) is 13.1. The summed E-state index contributed by atoms with van der Waals surface area (Å²) < 4.78 is 4.81. The van der Waals surface area contributed by atoms with E-state index in [1.165, 1.54) is 7.11 Å². The molecule has 0 aliphatic rings. The van der Waals surface area contributed by atoms with Gasteiger partial charge in [0.2, 0.25) is 11.3 Å². The van der Waals surface area contributed by atoms with Crippen molar-refractivity contribution in [2.24, 2.45) is 0 Å². The second kappa shape index (κ2) is 4.62. The number of nitrogens with one attached hydrogen (secondary N) is 1. The Hall–Kier alpha value is -0.0900. The number of ether oxygens (including phenoxy) is 1. The van der Waals surface area contributed by atoms with Crippen LogP contribution in [0.1, 0.15) is 10.5 Å². The topological polar surface area (TPSA) is 42.1 Å². The number of methoxy groups -OCH3 is 1. The molecule has 0 saturated carbocycles. The minimum atomic E-state index is -0.943. The second-order valence-electron chi connectivity index (χ2n) is 2.33. The monoisotopic (exact) mass is 275 g/mol. The molecule has 1 N–H and O–H groups in total. The summed E-state index contributed by atoms with van der Waals surface area (Å²) in [6, 6.07) is 0. The number of halogens is 4. The maximum atomic E-state index is 11.4. The quantitative estimate of drug-likeness (QED) is 0.843. The van der Waals surface area contributed by atoms with E-state index in [0.717, 1.165) is 0 Å². The lowest BCUT2D eigenvalue weighted by molar-refractivity contribution is 0.396. The van der Waals surface area contributed by atoms with Gasteiger partial charge in [0.1, 0.15) is 14.9 Å². The predicted octanol–water partition coefficient (Wildman–Crippen LogP) is 3.17. The summed E-state index contributed by atoms with van der Waals surface area (Å²) in [7, 11) is 1.35. The number of hydrogen-bond donors (Lipinski definition) is 1. The Morgan fingerprint density at radius 1 is 1.29 bits per heavy atom. The van der Waals surface area contributed by atoms with Crippen LogP contribution in [0.2, 0.25) is 10.0 Å². The van der Waals surface area contributed by atoms with Crippen molar-refractivity contribution in [1.29, 1.82) is 0 Å². The van der Waals surface area contributed by atoms with E-state index in [4.69, 9.17) is 51.1 Å². The molecule has 0 saturated heterocycles. The van der Waals surface area contributed by atoms with Crippen molar-refractivity contribution in [2.45, 2.75) is 4.84 Å². The smallest absolute Gasteiger partial charge is 0.223 e. The zero-order chi connectivity index (χ0) is 10.9. The molecule has 0 bridgehead atoms. The Morgan fingerprint density at radius 3 is 2.29 bits per heavy atom. The minimum absolute atomic E-state index is 0.0855. The summed E-state index contributed by atoms with van der Waals surface area (Å²) in [5.74, 6) is 0.0855. The summed E-state index contributed by atoms with van der Waals surface area (Å²) >= 11 is 22.5. The fourth-order valence-electron chi connectivity index (χ4n) is 0.845. The number of H-pyrrole nitrogens is 1. The van der Waals surface area contributed by atoms with Crippen molar-refractivity contribution in [3.8, 4) is 5.88 Å². The Balaban J connectivity index is 3.49. The van der Waals surface area contributed by atoms with Gasteiger partial charge in [-0.25, -0.2) is 0 Å². The van der Waals surface area contributed by atoms with Gasteiger partial charge in [0.25, 0.3) is 0 Å². The van der Waals surface area contributed by atoms with E-state index in [2.05, 4.69) is 4.98 Å². The standard InChI is InChI=1S/C7H5Cl4NO2/c1-14-7-3(9)5(13)2(8)4(12-7)6(10)11/h6H,1H3,(H,12,13). The van der Waals surface area contributed by atoms with Crippen molar-refractivity contribution < 1.29 is 4.74 Å². The van der Waals surface area contributed by atoms with Gasteiger partial charge < -0.3 is 9.72 Å². The molecule has 0 fully saturated rings. The SMILES string of the molecule is COc1[nH]c(C(Cl)Cl)c(Cl)c(=O)c1Cl. The largest absolute Gasteiger partial charge is 0.481 e. The first kappa shape index (κ1) is 12.0. The molecule has 14 heavy (non-hydrogen) atoms. The van der Waals surface area contributed by atoms with Crippen molar-refractivity contribution in [3.63, 3.8) is 0 Å². The van der Waals surface area contributed by atoms with Crippen LogP contribution in [0.3, 0.4) is 0 Å².